The molecule has 3 nitrogen and oxygen atoms in total. The Morgan fingerprint density at radius 2 is 1.91 bits per heavy atom. The Morgan fingerprint density at radius 3 is 2.36 bits per heavy atom. The Labute approximate surface area is 66.6 Å². The summed E-state index contributed by atoms with van der Waals surface area (Å²) in [6.45, 7) is 0. The number of aliphatic hydroxyl groups excluding tert-OH is 1. The molecule has 0 spiro atoms. The van der Waals surface area contributed by atoms with Gasteiger partial charge in [-0.15, -0.1) is 0 Å². The summed E-state index contributed by atoms with van der Waals surface area (Å²) in [6, 6.07) is 0. The zero-order valence-corrected chi connectivity index (χ0v) is 6.62. The van der Waals surface area contributed by atoms with Crippen molar-refractivity contribution in [2.75, 3.05) is 0 Å². The molecule has 0 saturated heterocycles. The summed E-state index contributed by atoms with van der Waals surface area (Å²) in [5, 5.41) is 9.28. The van der Waals surface area contributed by atoms with Gasteiger partial charge in [0.1, 0.15) is 6.10 Å². The molecule has 64 valence electrons. The third kappa shape index (κ3) is 2.19. The normalized spacial score (nSPS) is 23.0. The summed E-state index contributed by atoms with van der Waals surface area (Å²) in [5.41, 5.74) is 4.98. The largest absolute Gasteiger partial charge is 0.383 e. The number of amides is 1. The molecule has 0 aromatic heterocycles. The van der Waals surface area contributed by atoms with Crippen LogP contribution in [0.5, 0.6) is 0 Å². The summed E-state index contributed by atoms with van der Waals surface area (Å²) < 4.78 is 0. The predicted octanol–water partition coefficient (Wildman–Crippen LogP) is 0.413. The van der Waals surface area contributed by atoms with Crippen molar-refractivity contribution >= 4 is 5.91 Å². The fraction of sp³-hybridized carbons (Fsp3) is 0.875. The van der Waals surface area contributed by atoms with Crippen LogP contribution in [0.1, 0.15) is 32.1 Å². The van der Waals surface area contributed by atoms with Gasteiger partial charge in [-0.2, -0.15) is 0 Å². The van der Waals surface area contributed by atoms with Crippen molar-refractivity contribution in [1.29, 1.82) is 0 Å². The van der Waals surface area contributed by atoms with Gasteiger partial charge in [-0.1, -0.05) is 19.3 Å². The Hall–Kier alpha value is -0.570. The van der Waals surface area contributed by atoms with Crippen LogP contribution in [0.15, 0.2) is 0 Å². The maximum absolute atomic E-state index is 10.6. The van der Waals surface area contributed by atoms with Crippen LogP contribution in [0.2, 0.25) is 0 Å². The molecule has 1 aliphatic carbocycles. The van der Waals surface area contributed by atoms with Crippen molar-refractivity contribution in [3.05, 3.63) is 0 Å². The third-order valence-corrected chi connectivity index (χ3v) is 2.39. The molecule has 11 heavy (non-hydrogen) atoms. The lowest BCUT2D eigenvalue weighted by Gasteiger charge is -2.24. The van der Waals surface area contributed by atoms with Crippen molar-refractivity contribution < 1.29 is 9.90 Å². The van der Waals surface area contributed by atoms with E-state index in [1.54, 1.807) is 0 Å². The zero-order chi connectivity index (χ0) is 8.27. The molecule has 1 amide bonds. The highest BCUT2D eigenvalue weighted by molar-refractivity contribution is 5.78. The lowest BCUT2D eigenvalue weighted by Crippen LogP contribution is -2.36. The number of carbonyl (C=O) groups excluding carboxylic acids is 1. The molecule has 0 radical (unpaired) electrons. The zero-order valence-electron chi connectivity index (χ0n) is 6.62. The number of aliphatic hydroxyl groups is 1. The van der Waals surface area contributed by atoms with E-state index >= 15 is 0 Å². The first-order valence-electron chi connectivity index (χ1n) is 4.19. The smallest absolute Gasteiger partial charge is 0.246 e. The van der Waals surface area contributed by atoms with E-state index in [4.69, 9.17) is 5.73 Å². The van der Waals surface area contributed by atoms with Crippen molar-refractivity contribution in [3.8, 4) is 0 Å². The molecular weight excluding hydrogens is 142 g/mol. The number of nitrogens with two attached hydrogens (primary N) is 1. The van der Waals surface area contributed by atoms with Gasteiger partial charge in [-0.3, -0.25) is 4.79 Å². The maximum atomic E-state index is 10.6. The van der Waals surface area contributed by atoms with Gasteiger partial charge >= 0.3 is 0 Å². The van der Waals surface area contributed by atoms with Gasteiger partial charge in [0, 0.05) is 0 Å². The molecule has 3 heteroatoms. The molecule has 0 heterocycles. The van der Waals surface area contributed by atoms with Gasteiger partial charge in [0.2, 0.25) is 5.91 Å². The summed E-state index contributed by atoms with van der Waals surface area (Å²) in [7, 11) is 0. The fourth-order valence-electron chi connectivity index (χ4n) is 1.68. The van der Waals surface area contributed by atoms with E-state index in [1.165, 1.54) is 6.42 Å². The minimum Gasteiger partial charge on any atom is -0.383 e. The molecular formula is C8H15NO2. The maximum Gasteiger partial charge on any atom is 0.246 e. The fourth-order valence-corrected chi connectivity index (χ4v) is 1.68. The van der Waals surface area contributed by atoms with Gasteiger partial charge in [0.25, 0.3) is 0 Å². The number of carbonyl (C=O) groups is 1. The second-order valence-electron chi connectivity index (χ2n) is 3.25. The van der Waals surface area contributed by atoms with E-state index in [0.29, 0.717) is 0 Å². The molecule has 3 N–H and O–H groups in total. The van der Waals surface area contributed by atoms with Crippen LogP contribution in [-0.4, -0.2) is 17.1 Å². The standard InChI is InChI=1S/C8H15NO2/c9-8(11)7(10)6-4-2-1-3-5-6/h6-7,10H,1-5H2,(H2,9,11)/t7-/m0/s1. The molecule has 0 aliphatic heterocycles. The second kappa shape index (κ2) is 3.72. The van der Waals surface area contributed by atoms with Crippen LogP contribution >= 0.6 is 0 Å². The van der Waals surface area contributed by atoms with Crippen LogP contribution in [0, 0.1) is 5.92 Å². The number of hydrogen-bond acceptors (Lipinski definition) is 2. The van der Waals surface area contributed by atoms with Crippen LogP contribution < -0.4 is 5.73 Å². The average molecular weight is 157 g/mol. The quantitative estimate of drug-likeness (QED) is 0.610. The highest BCUT2D eigenvalue weighted by Crippen LogP contribution is 2.26. The van der Waals surface area contributed by atoms with Gasteiger partial charge in [0.15, 0.2) is 0 Å². The highest BCUT2D eigenvalue weighted by atomic mass is 16.3. The van der Waals surface area contributed by atoms with Crippen molar-refractivity contribution in [1.82, 2.24) is 0 Å². The monoisotopic (exact) mass is 157 g/mol. The Balaban J connectivity index is 2.38. The highest BCUT2D eigenvalue weighted by Gasteiger charge is 2.25. The SMILES string of the molecule is NC(=O)[C@@H](O)C1CCCCC1. The van der Waals surface area contributed by atoms with Crippen molar-refractivity contribution in [2.45, 2.75) is 38.2 Å². The van der Waals surface area contributed by atoms with E-state index in [1.807, 2.05) is 0 Å². The Bertz CT molecular complexity index is 141. The summed E-state index contributed by atoms with van der Waals surface area (Å²) in [5.74, 6) is -0.446. The first-order valence-corrected chi connectivity index (χ1v) is 4.19. The van der Waals surface area contributed by atoms with E-state index < -0.39 is 12.0 Å². The van der Waals surface area contributed by atoms with Crippen LogP contribution in [0.3, 0.4) is 0 Å². The lowest BCUT2D eigenvalue weighted by molar-refractivity contribution is -0.129. The number of rotatable bonds is 2. The number of primary amides is 1. The minimum atomic E-state index is -0.907. The van der Waals surface area contributed by atoms with E-state index in [0.717, 1.165) is 25.7 Å². The Kier molecular flexibility index (Phi) is 2.88. The van der Waals surface area contributed by atoms with Crippen molar-refractivity contribution in [2.24, 2.45) is 11.7 Å². The third-order valence-electron chi connectivity index (χ3n) is 2.39. The second-order valence-corrected chi connectivity index (χ2v) is 3.25. The first kappa shape index (κ1) is 8.53. The number of hydrogen-bond donors (Lipinski definition) is 2. The van der Waals surface area contributed by atoms with Gasteiger partial charge in [0.05, 0.1) is 0 Å². The van der Waals surface area contributed by atoms with Crippen LogP contribution in [0.4, 0.5) is 0 Å². The molecule has 1 aliphatic rings. The molecule has 0 aromatic rings. The summed E-state index contributed by atoms with van der Waals surface area (Å²) in [4.78, 5) is 10.6. The molecule has 1 fully saturated rings. The van der Waals surface area contributed by atoms with E-state index in [9.17, 15) is 9.90 Å². The van der Waals surface area contributed by atoms with Crippen LogP contribution in [0.25, 0.3) is 0 Å². The van der Waals surface area contributed by atoms with Gasteiger partial charge in [-0.05, 0) is 18.8 Å². The average Bonchev–Trinajstić information content (AvgIpc) is 2.05. The summed E-state index contributed by atoms with van der Waals surface area (Å²) >= 11 is 0. The first-order chi connectivity index (χ1) is 5.22. The molecule has 0 unspecified atom stereocenters. The molecule has 1 atom stereocenters. The lowest BCUT2D eigenvalue weighted by atomic mass is 9.85. The van der Waals surface area contributed by atoms with Crippen molar-refractivity contribution in [3.63, 3.8) is 0 Å². The molecule has 0 aromatic carbocycles. The summed E-state index contributed by atoms with van der Waals surface area (Å²) in [6.07, 6.45) is 4.45. The van der Waals surface area contributed by atoms with Crippen LogP contribution in [-0.2, 0) is 4.79 Å². The van der Waals surface area contributed by atoms with Gasteiger partial charge in [-0.25, -0.2) is 0 Å². The Morgan fingerprint density at radius 1 is 1.36 bits per heavy atom. The topological polar surface area (TPSA) is 63.3 Å². The van der Waals surface area contributed by atoms with E-state index in [2.05, 4.69) is 0 Å². The van der Waals surface area contributed by atoms with Gasteiger partial charge < -0.3 is 10.8 Å². The van der Waals surface area contributed by atoms with E-state index in [-0.39, 0.29) is 5.92 Å². The molecule has 1 saturated carbocycles. The molecule has 1 rings (SSSR count). The minimum absolute atomic E-state index is 0.126. The molecule has 0 bridgehead atoms. The predicted molar refractivity (Wildman–Crippen MR) is 41.8 cm³/mol.